The van der Waals surface area contributed by atoms with Crippen molar-refractivity contribution in [1.82, 2.24) is 30.1 Å². The largest absolute Gasteiger partial charge is 0.415 e. The second-order valence-corrected chi connectivity index (χ2v) is 8.30. The van der Waals surface area contributed by atoms with E-state index in [1.807, 2.05) is 6.07 Å². The summed E-state index contributed by atoms with van der Waals surface area (Å²) in [6, 6.07) is 12.4. The maximum absolute atomic E-state index is 15.4. The minimum absolute atomic E-state index is 0.0290. The molecule has 1 fully saturated rings. The van der Waals surface area contributed by atoms with Crippen LogP contribution in [0.5, 0.6) is 0 Å². The van der Waals surface area contributed by atoms with Crippen LogP contribution in [0, 0.1) is 5.82 Å². The Morgan fingerprint density at radius 3 is 2.43 bits per heavy atom. The molecule has 1 aliphatic heterocycles. The highest BCUT2D eigenvalue weighted by molar-refractivity contribution is 5.66. The van der Waals surface area contributed by atoms with Crippen molar-refractivity contribution < 1.29 is 17.6 Å². The second kappa shape index (κ2) is 9.87. The van der Waals surface area contributed by atoms with Gasteiger partial charge in [-0.25, -0.2) is 9.07 Å². The van der Waals surface area contributed by atoms with Crippen LogP contribution in [0.4, 0.5) is 18.9 Å². The van der Waals surface area contributed by atoms with Gasteiger partial charge < -0.3 is 14.2 Å². The zero-order valence-corrected chi connectivity index (χ0v) is 19.1. The first kappa shape index (κ1) is 23.0. The molecule has 1 aliphatic rings. The van der Waals surface area contributed by atoms with Crippen molar-refractivity contribution in [3.8, 4) is 22.7 Å². The number of hydrogen-bond acceptors (Lipinski definition) is 7. The van der Waals surface area contributed by atoms with E-state index in [1.54, 1.807) is 47.3 Å². The molecule has 8 nitrogen and oxygen atoms in total. The number of likely N-dealkylation sites (N-methyl/N-ethyl adjacent to an activating group) is 1. The van der Waals surface area contributed by atoms with Gasteiger partial charge in [0.2, 0.25) is 5.89 Å². The highest BCUT2D eigenvalue weighted by atomic mass is 19.3. The molecule has 0 saturated carbocycles. The van der Waals surface area contributed by atoms with Gasteiger partial charge in [-0.1, -0.05) is 30.3 Å². The van der Waals surface area contributed by atoms with Gasteiger partial charge in [0, 0.05) is 37.3 Å². The molecule has 0 radical (unpaired) electrons. The van der Waals surface area contributed by atoms with E-state index in [2.05, 4.69) is 37.2 Å². The molecule has 4 aromatic rings. The summed E-state index contributed by atoms with van der Waals surface area (Å²) in [5.41, 5.74) is 2.87. The Kier molecular flexibility index (Phi) is 6.49. The van der Waals surface area contributed by atoms with Crippen molar-refractivity contribution in [2.24, 2.45) is 0 Å². The molecule has 182 valence electrons. The summed E-state index contributed by atoms with van der Waals surface area (Å²) in [6.45, 7) is 6.92. The molecule has 11 heteroatoms. The van der Waals surface area contributed by atoms with Crippen molar-refractivity contribution in [1.29, 1.82) is 0 Å². The molecule has 2 aromatic heterocycles. The quantitative estimate of drug-likeness (QED) is 0.389. The number of aromatic nitrogens is 5. The van der Waals surface area contributed by atoms with Gasteiger partial charge in [-0.15, -0.1) is 15.3 Å². The number of halogens is 3. The average molecular weight is 483 g/mol. The Balaban J connectivity index is 1.29. The number of piperazine rings is 1. The lowest BCUT2D eigenvalue weighted by Crippen LogP contribution is -2.46. The summed E-state index contributed by atoms with van der Waals surface area (Å²) in [4.78, 5) is 4.42. The van der Waals surface area contributed by atoms with E-state index in [1.165, 1.54) is 0 Å². The molecule has 35 heavy (non-hydrogen) atoms. The van der Waals surface area contributed by atoms with Gasteiger partial charge in [0.15, 0.2) is 5.82 Å². The fourth-order valence-corrected chi connectivity index (χ4v) is 4.15. The Morgan fingerprint density at radius 2 is 1.74 bits per heavy atom. The number of hydrogen-bond donors (Lipinski definition) is 0. The van der Waals surface area contributed by atoms with Crippen LogP contribution in [0.25, 0.3) is 22.7 Å². The predicted octanol–water partition coefficient (Wildman–Crippen LogP) is 4.26. The smallest absolute Gasteiger partial charge is 0.314 e. The summed E-state index contributed by atoms with van der Waals surface area (Å²) < 4.78 is 47.3. The lowest BCUT2D eigenvalue weighted by molar-refractivity contribution is 0.116. The SMILES string of the molecule is CCN1CCN(c2cccc(-c3cn(Cc4ccc(-c5nnc(C(F)F)o5)cc4)nn3)c2F)CC1. The van der Waals surface area contributed by atoms with Crippen LogP contribution in [0.2, 0.25) is 0 Å². The van der Waals surface area contributed by atoms with Crippen LogP contribution < -0.4 is 4.90 Å². The van der Waals surface area contributed by atoms with Crippen molar-refractivity contribution in [3.63, 3.8) is 0 Å². The Labute approximate surface area is 200 Å². The fraction of sp³-hybridized carbons (Fsp3) is 0.333. The number of benzene rings is 2. The van der Waals surface area contributed by atoms with E-state index in [0.29, 0.717) is 29.1 Å². The first-order valence-electron chi connectivity index (χ1n) is 11.4. The van der Waals surface area contributed by atoms with Gasteiger partial charge in [0.05, 0.1) is 18.4 Å². The number of anilines is 1. The molecule has 0 unspecified atom stereocenters. The maximum Gasteiger partial charge on any atom is 0.314 e. The van der Waals surface area contributed by atoms with Crippen LogP contribution in [0.3, 0.4) is 0 Å². The van der Waals surface area contributed by atoms with Crippen molar-refractivity contribution in [2.75, 3.05) is 37.6 Å². The van der Waals surface area contributed by atoms with E-state index in [-0.39, 0.29) is 11.7 Å². The van der Waals surface area contributed by atoms with Crippen molar-refractivity contribution in [3.05, 3.63) is 65.9 Å². The van der Waals surface area contributed by atoms with Crippen LogP contribution >= 0.6 is 0 Å². The minimum Gasteiger partial charge on any atom is -0.415 e. The second-order valence-electron chi connectivity index (χ2n) is 8.30. The lowest BCUT2D eigenvalue weighted by atomic mass is 10.1. The van der Waals surface area contributed by atoms with E-state index >= 15 is 4.39 Å². The summed E-state index contributed by atoms with van der Waals surface area (Å²) in [5.74, 6) is -0.975. The highest BCUT2D eigenvalue weighted by Crippen LogP contribution is 2.29. The van der Waals surface area contributed by atoms with Gasteiger partial charge >= 0.3 is 6.43 Å². The molecule has 0 aliphatic carbocycles. The van der Waals surface area contributed by atoms with Gasteiger partial charge in [-0.3, -0.25) is 0 Å². The van der Waals surface area contributed by atoms with E-state index in [4.69, 9.17) is 4.42 Å². The number of rotatable bonds is 7. The van der Waals surface area contributed by atoms with Gasteiger partial charge in [-0.05, 0) is 36.4 Å². The summed E-state index contributed by atoms with van der Waals surface area (Å²) in [6.07, 6.45) is -1.10. The normalized spacial score (nSPS) is 14.7. The van der Waals surface area contributed by atoms with Crippen molar-refractivity contribution in [2.45, 2.75) is 19.9 Å². The van der Waals surface area contributed by atoms with Crippen LogP contribution in [0.15, 0.2) is 53.1 Å². The molecule has 2 aromatic carbocycles. The van der Waals surface area contributed by atoms with E-state index < -0.39 is 12.3 Å². The molecule has 5 rings (SSSR count). The Morgan fingerprint density at radius 1 is 0.971 bits per heavy atom. The first-order valence-corrected chi connectivity index (χ1v) is 11.4. The summed E-state index contributed by atoms with van der Waals surface area (Å²) in [7, 11) is 0. The van der Waals surface area contributed by atoms with Crippen LogP contribution in [-0.4, -0.2) is 62.8 Å². The zero-order valence-electron chi connectivity index (χ0n) is 19.1. The highest BCUT2D eigenvalue weighted by Gasteiger charge is 2.21. The monoisotopic (exact) mass is 483 g/mol. The molecule has 0 bridgehead atoms. The molecule has 0 amide bonds. The number of alkyl halides is 2. The molecule has 1 saturated heterocycles. The Hall–Kier alpha value is -3.73. The third-order valence-electron chi connectivity index (χ3n) is 6.13. The molecule has 3 heterocycles. The minimum atomic E-state index is -2.81. The predicted molar refractivity (Wildman–Crippen MR) is 124 cm³/mol. The third kappa shape index (κ3) is 4.90. The van der Waals surface area contributed by atoms with Gasteiger partial charge in [0.1, 0.15) is 5.69 Å². The van der Waals surface area contributed by atoms with Crippen LogP contribution in [0.1, 0.15) is 24.8 Å². The fourth-order valence-electron chi connectivity index (χ4n) is 4.15. The molecular formula is C24H24F3N7O. The standard InChI is InChI=1S/C24H24F3N7O/c1-2-32-10-12-33(13-11-32)20-5-3-4-18(21(20)25)19-15-34(31-28-19)14-16-6-8-17(9-7-16)23-29-30-24(35-23)22(26)27/h3-9,15,22H,2,10-14H2,1H3. The van der Waals surface area contributed by atoms with Gasteiger partial charge in [0.25, 0.3) is 5.89 Å². The first-order chi connectivity index (χ1) is 17.0. The topological polar surface area (TPSA) is 76.1 Å². The molecule has 0 spiro atoms. The van der Waals surface area contributed by atoms with E-state index in [9.17, 15) is 8.78 Å². The van der Waals surface area contributed by atoms with Gasteiger partial charge in [-0.2, -0.15) is 8.78 Å². The Bertz CT molecular complexity index is 1280. The van der Waals surface area contributed by atoms with Crippen molar-refractivity contribution >= 4 is 5.69 Å². The van der Waals surface area contributed by atoms with Crippen LogP contribution in [-0.2, 0) is 6.54 Å². The maximum atomic E-state index is 15.4. The summed E-state index contributed by atoms with van der Waals surface area (Å²) >= 11 is 0. The number of nitrogens with zero attached hydrogens (tertiary/aromatic N) is 7. The molecular weight excluding hydrogens is 459 g/mol. The zero-order chi connectivity index (χ0) is 24.4. The average Bonchev–Trinajstić information content (AvgIpc) is 3.55. The molecule has 0 N–H and O–H groups in total. The van der Waals surface area contributed by atoms with E-state index in [0.717, 1.165) is 38.3 Å². The third-order valence-corrected chi connectivity index (χ3v) is 6.13. The molecule has 0 atom stereocenters. The lowest BCUT2D eigenvalue weighted by Gasteiger charge is -2.35. The summed E-state index contributed by atoms with van der Waals surface area (Å²) in [5, 5.41) is 15.3.